The van der Waals surface area contributed by atoms with Crippen LogP contribution < -0.4 is 10.6 Å². The molecule has 0 unspecified atom stereocenters. The molecule has 4 heteroatoms. The minimum absolute atomic E-state index is 0. The van der Waals surface area contributed by atoms with Gasteiger partial charge in [-0.25, -0.2) is 0 Å². The molecule has 0 aromatic heterocycles. The Bertz CT molecular complexity index is 83.8. The fourth-order valence-electron chi connectivity index (χ4n) is 1.15. The van der Waals surface area contributed by atoms with Crippen LogP contribution in [0.3, 0.4) is 0 Å². The van der Waals surface area contributed by atoms with Gasteiger partial charge in [-0.05, 0) is 13.1 Å². The fourth-order valence-corrected chi connectivity index (χ4v) is 1.15. The zero-order valence-electron chi connectivity index (χ0n) is 6.94. The van der Waals surface area contributed by atoms with Crippen molar-refractivity contribution >= 4 is 0 Å². The smallest absolute Gasteiger partial charge is 0.00784 e. The molecule has 67 valence electrons. The van der Waals surface area contributed by atoms with E-state index in [1.165, 1.54) is 6.42 Å². The normalized spacial score (nSPS) is 23.2. The first-order valence-corrected chi connectivity index (χ1v) is 3.94. The van der Waals surface area contributed by atoms with Crippen LogP contribution in [-0.4, -0.2) is 39.3 Å². The third-order valence-electron chi connectivity index (χ3n) is 1.79. The number of likely N-dealkylation sites (N-methyl/N-ethyl adjacent to an activating group) is 1. The molecule has 1 heterocycles. The largest absolute Gasteiger partial charge is 0.661 e. The average molecular weight is 385 g/mol. The van der Waals surface area contributed by atoms with Gasteiger partial charge in [-0.1, -0.05) is 6.42 Å². The number of nitrogens with zero attached hydrogens (tertiary/aromatic N) is 1. The number of hydrogen-bond donors (Lipinski definition) is 2. The van der Waals surface area contributed by atoms with Crippen LogP contribution in [0.2, 0.25) is 0 Å². The van der Waals surface area contributed by atoms with Gasteiger partial charge in [0.25, 0.3) is 0 Å². The first-order chi connectivity index (χ1) is 4.93. The van der Waals surface area contributed by atoms with Crippen LogP contribution in [0.4, 0.5) is 0 Å². The maximum Gasteiger partial charge on any atom is 0.00784 e. The van der Waals surface area contributed by atoms with Gasteiger partial charge in [0, 0.05) is 27.4 Å². The minimum Gasteiger partial charge on any atom is -0.661 e. The summed E-state index contributed by atoms with van der Waals surface area (Å²) in [6.45, 7) is 4.19. The minimum atomic E-state index is 0. The summed E-state index contributed by atoms with van der Waals surface area (Å²) in [6, 6.07) is 0.661. The standard InChI is InChI=1S/C7H16N3.Am/c1-8-4-5-10-7-2-3-9-6-7;/h7-8,10H,2-6H2,1H3;/q-1;/t7-;/m1./s1. The van der Waals surface area contributed by atoms with Crippen LogP contribution in [0.5, 0.6) is 0 Å². The molecule has 11 heavy (non-hydrogen) atoms. The van der Waals surface area contributed by atoms with Crippen molar-refractivity contribution in [1.82, 2.24) is 10.6 Å². The summed E-state index contributed by atoms with van der Waals surface area (Å²) in [7, 11) is 1.97. The van der Waals surface area contributed by atoms with E-state index in [9.17, 15) is 0 Å². The molecule has 1 fully saturated rings. The van der Waals surface area contributed by atoms with Crippen LogP contribution >= 0.6 is 0 Å². The second-order valence-corrected chi connectivity index (χ2v) is 2.67. The predicted molar refractivity (Wildman–Crippen MR) is 43.4 cm³/mol. The molecule has 0 amide bonds. The summed E-state index contributed by atoms with van der Waals surface area (Å²) in [5, 5.41) is 10.8. The van der Waals surface area contributed by atoms with Crippen molar-refractivity contribution in [2.24, 2.45) is 0 Å². The van der Waals surface area contributed by atoms with Crippen LogP contribution in [0, 0.1) is 14.3 Å². The molecule has 1 rings (SSSR count). The molecule has 0 aromatic rings. The molecular weight excluding hydrogens is 369 g/mol. The Labute approximate surface area is 76.5 Å². The van der Waals surface area contributed by atoms with E-state index in [2.05, 4.69) is 16.0 Å². The van der Waals surface area contributed by atoms with Crippen LogP contribution in [0.15, 0.2) is 0 Å². The number of hydrogen-bond acceptors (Lipinski definition) is 2. The Morgan fingerprint density at radius 2 is 2.27 bits per heavy atom. The third-order valence-corrected chi connectivity index (χ3v) is 1.79. The van der Waals surface area contributed by atoms with Gasteiger partial charge in [-0.3, -0.25) is 0 Å². The van der Waals surface area contributed by atoms with E-state index in [0.29, 0.717) is 6.04 Å². The second kappa shape index (κ2) is 6.95. The van der Waals surface area contributed by atoms with E-state index in [0.717, 1.165) is 26.2 Å². The Hall–Kier alpha value is 0.270. The summed E-state index contributed by atoms with van der Waals surface area (Å²) in [4.78, 5) is 0. The molecule has 0 aromatic carbocycles. The number of nitrogens with one attached hydrogen (secondary N) is 2. The van der Waals surface area contributed by atoms with Crippen molar-refractivity contribution in [3.05, 3.63) is 5.32 Å². The van der Waals surface area contributed by atoms with Crippen molar-refractivity contribution in [2.75, 3.05) is 33.2 Å². The van der Waals surface area contributed by atoms with E-state index in [1.807, 2.05) is 7.05 Å². The van der Waals surface area contributed by atoms with Crippen molar-refractivity contribution in [3.8, 4) is 0 Å². The van der Waals surface area contributed by atoms with Gasteiger partial charge >= 0.3 is 0 Å². The number of rotatable bonds is 4. The Balaban J connectivity index is 0.000001000. The molecule has 2 N–H and O–H groups in total. The van der Waals surface area contributed by atoms with E-state index in [1.54, 1.807) is 0 Å². The average Bonchev–Trinajstić information content (AvgIpc) is 2.41. The SMILES string of the molecule is CNCCN[C@@H]1CC[N-]C1.[Am]. The molecule has 1 radical (unpaired) electrons. The second-order valence-electron chi connectivity index (χ2n) is 2.67. The monoisotopic (exact) mass is 383 g/mol. The fraction of sp³-hybridized carbons (Fsp3) is 1.00. The van der Waals surface area contributed by atoms with E-state index in [-0.39, 0.29) is 14.3 Å². The van der Waals surface area contributed by atoms with Crippen LogP contribution in [0.25, 0.3) is 5.32 Å². The molecule has 0 bridgehead atoms. The first-order valence-electron chi connectivity index (χ1n) is 3.94. The summed E-state index contributed by atoms with van der Waals surface area (Å²) in [5.41, 5.74) is 0. The molecule has 3 nitrogen and oxygen atoms in total. The van der Waals surface area contributed by atoms with Gasteiger partial charge in [0.2, 0.25) is 0 Å². The molecule has 1 aliphatic rings. The summed E-state index contributed by atoms with van der Waals surface area (Å²) in [6.07, 6.45) is 1.23. The Morgan fingerprint density at radius 3 is 2.82 bits per heavy atom. The third kappa shape index (κ3) is 4.67. The van der Waals surface area contributed by atoms with Gasteiger partial charge in [0.05, 0.1) is 0 Å². The summed E-state index contributed by atoms with van der Waals surface area (Å²) in [5.74, 6) is 0. The maximum atomic E-state index is 4.26. The van der Waals surface area contributed by atoms with Gasteiger partial charge in [-0.15, -0.1) is 13.1 Å². The zero-order valence-corrected chi connectivity index (χ0v) is 10.1. The van der Waals surface area contributed by atoms with E-state index >= 15 is 0 Å². The van der Waals surface area contributed by atoms with Gasteiger partial charge in [0.1, 0.15) is 0 Å². The molecular formula is C7H16AmN3-. The quantitative estimate of drug-likeness (QED) is 0.666. The van der Waals surface area contributed by atoms with Gasteiger partial charge < -0.3 is 16.0 Å². The first kappa shape index (κ1) is 11.3. The molecule has 1 atom stereocenters. The van der Waals surface area contributed by atoms with Crippen LogP contribution in [0.1, 0.15) is 6.42 Å². The predicted octanol–water partition coefficient (Wildman–Crippen LogP) is -0.0586. The van der Waals surface area contributed by atoms with Crippen LogP contribution in [-0.2, 0) is 0 Å². The Morgan fingerprint density at radius 1 is 1.45 bits per heavy atom. The topological polar surface area (TPSA) is 38.2 Å². The van der Waals surface area contributed by atoms with Crippen molar-refractivity contribution < 1.29 is 14.3 Å². The van der Waals surface area contributed by atoms with Gasteiger partial charge in [-0.2, -0.15) is 0 Å². The van der Waals surface area contributed by atoms with E-state index < -0.39 is 0 Å². The summed E-state index contributed by atoms with van der Waals surface area (Å²) >= 11 is 0. The molecule has 0 aliphatic carbocycles. The Kier molecular flexibility index (Phi) is 7.12. The van der Waals surface area contributed by atoms with E-state index in [4.69, 9.17) is 0 Å². The molecule has 1 aliphatic heterocycles. The maximum absolute atomic E-state index is 4.26. The molecule has 0 saturated carbocycles. The zero-order chi connectivity index (χ0) is 7.23. The summed E-state index contributed by atoms with van der Waals surface area (Å²) < 4.78 is 0. The molecule has 1 saturated heterocycles. The molecule has 0 spiro atoms. The van der Waals surface area contributed by atoms with Gasteiger partial charge in [0.15, 0.2) is 0 Å². The van der Waals surface area contributed by atoms with Crippen molar-refractivity contribution in [3.63, 3.8) is 0 Å². The van der Waals surface area contributed by atoms with Crippen molar-refractivity contribution in [2.45, 2.75) is 12.5 Å². The van der Waals surface area contributed by atoms with Crippen molar-refractivity contribution in [1.29, 1.82) is 0 Å².